The lowest BCUT2D eigenvalue weighted by Gasteiger charge is -2.47. The van der Waals surface area contributed by atoms with E-state index in [4.69, 9.17) is 23.7 Å². The van der Waals surface area contributed by atoms with E-state index in [-0.39, 0.29) is 6.61 Å². The molecular weight excluding hydrogens is 344 g/mol. The molecule has 0 amide bonds. The molecule has 3 rings (SSSR count). The van der Waals surface area contributed by atoms with E-state index in [1.165, 1.54) is 13.8 Å². The Morgan fingerprint density at radius 3 is 2.31 bits per heavy atom. The smallest absolute Gasteiger partial charge is 0.303 e. The maximum atomic E-state index is 11.6. The molecule has 0 aromatic heterocycles. The van der Waals surface area contributed by atoms with Crippen molar-refractivity contribution in [2.75, 3.05) is 6.61 Å². The zero-order valence-electron chi connectivity index (χ0n) is 14.4. The first-order valence-electron chi connectivity index (χ1n) is 8.27. The molecule has 6 atom stereocenters. The lowest BCUT2D eigenvalue weighted by molar-refractivity contribution is -0.325. The molecule has 140 valence electrons. The molecule has 2 fully saturated rings. The van der Waals surface area contributed by atoms with Gasteiger partial charge in [0.25, 0.3) is 0 Å². The van der Waals surface area contributed by atoms with Gasteiger partial charge in [-0.1, -0.05) is 30.3 Å². The summed E-state index contributed by atoms with van der Waals surface area (Å²) >= 11 is 0. The fraction of sp³-hybridized carbons (Fsp3) is 0.500. The van der Waals surface area contributed by atoms with Crippen molar-refractivity contribution < 1.29 is 38.1 Å². The van der Waals surface area contributed by atoms with Crippen LogP contribution in [0.25, 0.3) is 0 Å². The van der Waals surface area contributed by atoms with Crippen molar-refractivity contribution in [1.82, 2.24) is 0 Å². The van der Waals surface area contributed by atoms with E-state index in [0.717, 1.165) is 5.56 Å². The number of esters is 2. The summed E-state index contributed by atoms with van der Waals surface area (Å²) in [4.78, 5) is 34.4. The third kappa shape index (κ3) is 3.92. The van der Waals surface area contributed by atoms with Gasteiger partial charge in [-0.25, -0.2) is 0 Å². The first-order chi connectivity index (χ1) is 12.5. The molecule has 0 bridgehead atoms. The van der Waals surface area contributed by atoms with Crippen LogP contribution in [0.5, 0.6) is 0 Å². The van der Waals surface area contributed by atoms with Gasteiger partial charge in [0.1, 0.15) is 12.2 Å². The lowest BCUT2D eigenvalue weighted by Crippen LogP contribution is -2.64. The Kier molecular flexibility index (Phi) is 5.65. The molecule has 2 saturated heterocycles. The van der Waals surface area contributed by atoms with E-state index in [1.54, 1.807) is 0 Å². The summed E-state index contributed by atoms with van der Waals surface area (Å²) in [5.41, 5.74) is 0.786. The van der Waals surface area contributed by atoms with Gasteiger partial charge >= 0.3 is 11.9 Å². The highest BCUT2D eigenvalue weighted by atomic mass is 16.7. The van der Waals surface area contributed by atoms with Crippen molar-refractivity contribution in [3.8, 4) is 0 Å². The summed E-state index contributed by atoms with van der Waals surface area (Å²) in [6.45, 7) is 2.58. The second-order valence-corrected chi connectivity index (χ2v) is 6.10. The normalized spacial score (nSPS) is 33.6. The predicted octanol–water partition coefficient (Wildman–Crippen LogP) is 0.930. The van der Waals surface area contributed by atoms with Crippen LogP contribution >= 0.6 is 0 Å². The van der Waals surface area contributed by atoms with E-state index in [0.29, 0.717) is 6.29 Å². The van der Waals surface area contributed by atoms with Crippen LogP contribution in [0, 0.1) is 0 Å². The molecule has 1 unspecified atom stereocenters. The Morgan fingerprint density at radius 1 is 1.04 bits per heavy atom. The van der Waals surface area contributed by atoms with Crippen LogP contribution in [-0.4, -0.2) is 55.4 Å². The van der Waals surface area contributed by atoms with Gasteiger partial charge in [0, 0.05) is 19.4 Å². The predicted molar refractivity (Wildman–Crippen MR) is 85.8 cm³/mol. The van der Waals surface area contributed by atoms with Crippen molar-refractivity contribution in [1.29, 1.82) is 0 Å². The number of rotatable bonds is 4. The van der Waals surface area contributed by atoms with Gasteiger partial charge in [0.2, 0.25) is 0 Å². The average Bonchev–Trinajstić information content (AvgIpc) is 2.63. The number of fused-ring (bicyclic) bond motifs is 1. The van der Waals surface area contributed by atoms with Crippen molar-refractivity contribution in [3.05, 3.63) is 35.9 Å². The number of carbonyl (C=O) groups excluding carboxylic acids is 3. The number of ether oxygens (including phenoxy) is 5. The highest BCUT2D eigenvalue weighted by molar-refractivity contribution is 5.69. The maximum absolute atomic E-state index is 11.6. The van der Waals surface area contributed by atoms with Crippen LogP contribution in [0.2, 0.25) is 0 Å². The fourth-order valence-electron chi connectivity index (χ4n) is 3.15. The molecule has 0 radical (unpaired) electrons. The fourth-order valence-corrected chi connectivity index (χ4v) is 3.15. The molecule has 8 heteroatoms. The quantitative estimate of drug-likeness (QED) is 0.575. The topological polar surface area (TPSA) is 97.4 Å². The van der Waals surface area contributed by atoms with Gasteiger partial charge in [0.05, 0.1) is 6.61 Å². The summed E-state index contributed by atoms with van der Waals surface area (Å²) in [7, 11) is 0. The second-order valence-electron chi connectivity index (χ2n) is 6.10. The van der Waals surface area contributed by atoms with Crippen molar-refractivity contribution in [3.63, 3.8) is 0 Å². The van der Waals surface area contributed by atoms with Crippen molar-refractivity contribution >= 4 is 18.2 Å². The summed E-state index contributed by atoms with van der Waals surface area (Å²) in [5.74, 6) is -1.20. The third-order valence-corrected chi connectivity index (χ3v) is 4.17. The molecular formula is C18H20O8. The summed E-state index contributed by atoms with van der Waals surface area (Å²) in [6.07, 6.45) is -4.72. The second kappa shape index (κ2) is 7.94. The molecule has 0 aliphatic carbocycles. The van der Waals surface area contributed by atoms with E-state index < -0.39 is 48.7 Å². The molecule has 2 aliphatic rings. The molecule has 1 aromatic carbocycles. The standard InChI is InChI=1S/C18H20O8/c1-10(20)23-15-13(8-19)25-14-9-22-18(12-6-4-3-5-7-12)26-16(14)17(15)24-11(2)21/h3-8,13-18H,9H2,1-2H3/t13-,14+,15-,16+,17+,18?/m0/s1. The minimum absolute atomic E-state index is 0.138. The van der Waals surface area contributed by atoms with Gasteiger partial charge in [-0.05, 0) is 0 Å². The summed E-state index contributed by atoms with van der Waals surface area (Å²) < 4.78 is 27.9. The van der Waals surface area contributed by atoms with Gasteiger partial charge in [-0.3, -0.25) is 9.59 Å². The summed E-state index contributed by atoms with van der Waals surface area (Å²) in [6, 6.07) is 9.24. The van der Waals surface area contributed by atoms with Crippen LogP contribution in [0.4, 0.5) is 0 Å². The van der Waals surface area contributed by atoms with Gasteiger partial charge in [-0.2, -0.15) is 0 Å². The van der Waals surface area contributed by atoms with Crippen LogP contribution in [-0.2, 0) is 38.1 Å². The molecule has 8 nitrogen and oxygen atoms in total. The third-order valence-electron chi connectivity index (χ3n) is 4.17. The maximum Gasteiger partial charge on any atom is 0.303 e. The number of benzene rings is 1. The Labute approximate surface area is 150 Å². The minimum Gasteiger partial charge on any atom is -0.456 e. The molecule has 0 saturated carbocycles. The Bertz CT molecular complexity index is 660. The van der Waals surface area contributed by atoms with Gasteiger partial charge in [0.15, 0.2) is 30.9 Å². The first-order valence-corrected chi connectivity index (χ1v) is 8.27. The van der Waals surface area contributed by atoms with Crippen LogP contribution in [0.1, 0.15) is 25.7 Å². The Morgan fingerprint density at radius 2 is 1.69 bits per heavy atom. The average molecular weight is 364 g/mol. The lowest BCUT2D eigenvalue weighted by atomic mass is 9.94. The van der Waals surface area contributed by atoms with Gasteiger partial charge < -0.3 is 28.5 Å². The monoisotopic (exact) mass is 364 g/mol. The number of hydrogen-bond donors (Lipinski definition) is 0. The van der Waals surface area contributed by atoms with E-state index in [9.17, 15) is 14.4 Å². The van der Waals surface area contributed by atoms with Crippen molar-refractivity contribution in [2.24, 2.45) is 0 Å². The minimum atomic E-state index is -1.09. The summed E-state index contributed by atoms with van der Waals surface area (Å²) in [5, 5.41) is 0. The highest BCUT2D eigenvalue weighted by Gasteiger charge is 2.53. The molecule has 1 aromatic rings. The first kappa shape index (κ1) is 18.5. The molecule has 0 N–H and O–H groups in total. The highest BCUT2D eigenvalue weighted by Crippen LogP contribution is 2.36. The molecule has 26 heavy (non-hydrogen) atoms. The number of hydrogen-bond acceptors (Lipinski definition) is 8. The zero-order chi connectivity index (χ0) is 18.7. The number of aldehydes is 1. The SMILES string of the molecule is CC(=O)O[C@@H]1[C@@H](OC(C)=O)[C@H](C=O)O[C@@H]2COC(c3ccccc3)O[C@@H]12. The van der Waals surface area contributed by atoms with Crippen LogP contribution in [0.15, 0.2) is 30.3 Å². The van der Waals surface area contributed by atoms with Gasteiger partial charge in [-0.15, -0.1) is 0 Å². The largest absolute Gasteiger partial charge is 0.456 e. The molecule has 0 spiro atoms. The van der Waals surface area contributed by atoms with Crippen LogP contribution < -0.4 is 0 Å². The molecule has 2 heterocycles. The zero-order valence-corrected chi connectivity index (χ0v) is 14.4. The van der Waals surface area contributed by atoms with E-state index >= 15 is 0 Å². The van der Waals surface area contributed by atoms with Crippen molar-refractivity contribution in [2.45, 2.75) is 50.7 Å². The van der Waals surface area contributed by atoms with E-state index in [2.05, 4.69) is 0 Å². The Hall–Kier alpha value is -2.29. The van der Waals surface area contributed by atoms with Crippen LogP contribution in [0.3, 0.4) is 0 Å². The number of carbonyl (C=O) groups is 3. The Balaban J connectivity index is 1.87. The van der Waals surface area contributed by atoms with E-state index in [1.807, 2.05) is 30.3 Å². The molecule has 2 aliphatic heterocycles.